The van der Waals surface area contributed by atoms with Gasteiger partial charge in [0.1, 0.15) is 6.04 Å². The molecule has 8 nitrogen and oxygen atoms in total. The molecule has 0 saturated carbocycles. The topological polar surface area (TPSA) is 111 Å². The van der Waals surface area contributed by atoms with Crippen LogP contribution >= 0.6 is 23.1 Å². The van der Waals surface area contributed by atoms with E-state index < -0.39 is 34.9 Å². The van der Waals surface area contributed by atoms with E-state index in [0.29, 0.717) is 19.5 Å². The monoisotopic (exact) mass is 594 g/mol. The maximum atomic E-state index is 13.8. The molecule has 1 saturated heterocycles. The summed E-state index contributed by atoms with van der Waals surface area (Å²) >= 11 is 3.11. The summed E-state index contributed by atoms with van der Waals surface area (Å²) in [4.78, 5) is 42.6. The number of aliphatic hydroxyl groups excluding tert-OH is 1. The lowest BCUT2D eigenvalue weighted by molar-refractivity contribution is -0.147. The molecule has 1 aliphatic rings. The first kappa shape index (κ1) is 30.6. The fourth-order valence-electron chi connectivity index (χ4n) is 4.93. The largest absolute Gasteiger partial charge is 0.381 e. The van der Waals surface area contributed by atoms with Gasteiger partial charge in [-0.25, -0.2) is 4.79 Å². The first-order valence-corrected chi connectivity index (χ1v) is 15.6. The van der Waals surface area contributed by atoms with Crippen molar-refractivity contribution in [3.8, 4) is 0 Å². The summed E-state index contributed by atoms with van der Waals surface area (Å²) in [5.74, 6) is -0.599. The Kier molecular flexibility index (Phi) is 10.5. The highest BCUT2D eigenvalue weighted by Crippen LogP contribution is 2.40. The number of hydrogen-bond donors (Lipinski definition) is 4. The third kappa shape index (κ3) is 8.12. The number of rotatable bonds is 11. The molecule has 3 atom stereocenters. The SMILES string of the molecule is Cc1ccccc1CNC(=O)C1N(C(=O)C(O)C(Cc2ccccc2)NC(=O)NCCc2cccs2)CSC1(C)C. The Morgan fingerprint density at radius 1 is 1.02 bits per heavy atom. The molecule has 1 aliphatic heterocycles. The standard InChI is InChI=1S/C31H38N4O4S2/c1-21-10-7-8-13-23(21)19-33-28(37)27-31(2,3)41-20-35(27)29(38)26(36)25(18-22-11-5-4-6-12-22)34-30(39)32-16-15-24-14-9-17-40-24/h4-14,17,25-27,36H,15-16,18-20H2,1-3H3,(H,33,37)(H2,32,34,39). The maximum absolute atomic E-state index is 13.8. The molecule has 0 aliphatic carbocycles. The van der Waals surface area contributed by atoms with Crippen molar-refractivity contribution in [1.29, 1.82) is 0 Å². The molecule has 0 radical (unpaired) electrons. The van der Waals surface area contributed by atoms with Crippen molar-refractivity contribution in [3.63, 3.8) is 0 Å². The fourth-order valence-corrected chi connectivity index (χ4v) is 6.77. The van der Waals surface area contributed by atoms with Crippen LogP contribution in [0.25, 0.3) is 0 Å². The number of hydrogen-bond acceptors (Lipinski definition) is 6. The molecular formula is C31H38N4O4S2. The smallest absolute Gasteiger partial charge is 0.315 e. The van der Waals surface area contributed by atoms with Gasteiger partial charge >= 0.3 is 6.03 Å². The van der Waals surface area contributed by atoms with E-state index >= 15 is 0 Å². The molecular weight excluding hydrogens is 556 g/mol. The molecule has 1 fully saturated rings. The first-order valence-electron chi connectivity index (χ1n) is 13.7. The molecule has 2 aromatic carbocycles. The number of aryl methyl sites for hydroxylation is 1. The summed E-state index contributed by atoms with van der Waals surface area (Å²) in [7, 11) is 0. The lowest BCUT2D eigenvalue weighted by Crippen LogP contribution is -2.59. The Hall–Kier alpha value is -3.34. The minimum absolute atomic E-state index is 0.251. The predicted octanol–water partition coefficient (Wildman–Crippen LogP) is 3.87. The summed E-state index contributed by atoms with van der Waals surface area (Å²) in [6.07, 6.45) is -0.602. The van der Waals surface area contributed by atoms with Crippen molar-refractivity contribution in [2.75, 3.05) is 12.4 Å². The number of thiophene rings is 1. The highest BCUT2D eigenvalue weighted by Gasteiger charge is 2.49. The predicted molar refractivity (Wildman–Crippen MR) is 165 cm³/mol. The van der Waals surface area contributed by atoms with Crippen LogP contribution in [-0.2, 0) is 29.0 Å². The Balaban J connectivity index is 1.45. The van der Waals surface area contributed by atoms with Gasteiger partial charge in [0.2, 0.25) is 5.91 Å². The summed E-state index contributed by atoms with van der Waals surface area (Å²) in [6.45, 7) is 6.61. The van der Waals surface area contributed by atoms with Crippen molar-refractivity contribution >= 4 is 40.9 Å². The maximum Gasteiger partial charge on any atom is 0.315 e. The van der Waals surface area contributed by atoms with Crippen LogP contribution in [0, 0.1) is 6.92 Å². The molecule has 4 N–H and O–H groups in total. The Bertz CT molecular complexity index is 1320. The molecule has 0 spiro atoms. The summed E-state index contributed by atoms with van der Waals surface area (Å²) < 4.78 is -0.563. The zero-order chi connectivity index (χ0) is 29.4. The Morgan fingerprint density at radius 3 is 2.46 bits per heavy atom. The number of thioether (sulfide) groups is 1. The number of aliphatic hydroxyl groups is 1. The molecule has 218 valence electrons. The van der Waals surface area contributed by atoms with Crippen molar-refractivity contribution in [2.45, 2.75) is 63.1 Å². The molecule has 2 heterocycles. The number of amides is 4. The van der Waals surface area contributed by atoms with Gasteiger partial charge < -0.3 is 26.0 Å². The van der Waals surface area contributed by atoms with Crippen LogP contribution in [0.2, 0.25) is 0 Å². The van der Waals surface area contributed by atoms with Gasteiger partial charge in [0.15, 0.2) is 6.10 Å². The van der Waals surface area contributed by atoms with E-state index in [2.05, 4.69) is 16.0 Å². The number of carbonyl (C=O) groups is 3. The van der Waals surface area contributed by atoms with Crippen LogP contribution in [0.1, 0.15) is 35.4 Å². The van der Waals surface area contributed by atoms with Crippen LogP contribution < -0.4 is 16.0 Å². The molecule has 10 heteroatoms. The zero-order valence-corrected chi connectivity index (χ0v) is 25.3. The number of urea groups is 1. The quantitative estimate of drug-likeness (QED) is 0.270. The van der Waals surface area contributed by atoms with E-state index in [-0.39, 0.29) is 18.2 Å². The van der Waals surface area contributed by atoms with Gasteiger partial charge in [0, 0.05) is 22.7 Å². The minimum atomic E-state index is -1.54. The highest BCUT2D eigenvalue weighted by atomic mass is 32.2. The summed E-state index contributed by atoms with van der Waals surface area (Å²) in [5.41, 5.74) is 2.94. The van der Waals surface area contributed by atoms with E-state index in [9.17, 15) is 19.5 Å². The number of benzene rings is 2. The molecule has 4 amide bonds. The Morgan fingerprint density at radius 2 is 1.76 bits per heavy atom. The first-order chi connectivity index (χ1) is 19.7. The highest BCUT2D eigenvalue weighted by molar-refractivity contribution is 8.00. The van der Waals surface area contributed by atoms with Gasteiger partial charge in [-0.2, -0.15) is 0 Å². The van der Waals surface area contributed by atoms with Gasteiger partial charge in [-0.1, -0.05) is 60.7 Å². The van der Waals surface area contributed by atoms with Crippen molar-refractivity contribution < 1.29 is 19.5 Å². The van der Waals surface area contributed by atoms with E-state index in [1.165, 1.54) is 16.7 Å². The molecule has 0 bridgehead atoms. The van der Waals surface area contributed by atoms with Gasteiger partial charge in [-0.15, -0.1) is 23.1 Å². The molecule has 3 unspecified atom stereocenters. The molecule has 1 aromatic heterocycles. The van der Waals surface area contributed by atoms with Crippen molar-refractivity contribution in [1.82, 2.24) is 20.9 Å². The van der Waals surface area contributed by atoms with Gasteiger partial charge in [-0.3, -0.25) is 9.59 Å². The van der Waals surface area contributed by atoms with Crippen LogP contribution in [0.15, 0.2) is 72.1 Å². The number of nitrogens with one attached hydrogen (secondary N) is 3. The second-order valence-electron chi connectivity index (χ2n) is 10.7. The van der Waals surface area contributed by atoms with Crippen LogP contribution in [0.4, 0.5) is 4.79 Å². The van der Waals surface area contributed by atoms with Crippen molar-refractivity contribution in [2.24, 2.45) is 0 Å². The average Bonchev–Trinajstić information content (AvgIpc) is 3.59. The normalized spacial score (nSPS) is 17.5. The van der Waals surface area contributed by atoms with E-state index in [1.807, 2.05) is 92.9 Å². The average molecular weight is 595 g/mol. The lowest BCUT2D eigenvalue weighted by atomic mass is 9.97. The van der Waals surface area contributed by atoms with E-state index in [1.54, 1.807) is 11.3 Å². The van der Waals surface area contributed by atoms with Gasteiger partial charge in [0.25, 0.3) is 5.91 Å². The Labute approximate surface area is 249 Å². The lowest BCUT2D eigenvalue weighted by Gasteiger charge is -2.33. The van der Waals surface area contributed by atoms with Gasteiger partial charge in [0.05, 0.1) is 11.9 Å². The van der Waals surface area contributed by atoms with Gasteiger partial charge in [-0.05, 0) is 61.7 Å². The second kappa shape index (κ2) is 14.0. The number of nitrogens with zero attached hydrogens (tertiary/aromatic N) is 1. The molecule has 4 rings (SSSR count). The van der Waals surface area contributed by atoms with Crippen LogP contribution in [-0.4, -0.2) is 63.2 Å². The van der Waals surface area contributed by atoms with E-state index in [0.717, 1.165) is 21.6 Å². The van der Waals surface area contributed by atoms with Crippen LogP contribution in [0.3, 0.4) is 0 Å². The van der Waals surface area contributed by atoms with Crippen molar-refractivity contribution in [3.05, 3.63) is 93.7 Å². The minimum Gasteiger partial charge on any atom is -0.381 e. The summed E-state index contributed by atoms with van der Waals surface area (Å²) in [6, 6.07) is 19.1. The van der Waals surface area contributed by atoms with E-state index in [4.69, 9.17) is 0 Å². The number of carbonyl (C=O) groups excluding carboxylic acids is 3. The third-order valence-corrected chi connectivity index (χ3v) is 9.59. The summed E-state index contributed by atoms with van der Waals surface area (Å²) in [5, 5.41) is 22.0. The fraction of sp³-hybridized carbons (Fsp3) is 0.387. The van der Waals surface area contributed by atoms with Crippen LogP contribution in [0.5, 0.6) is 0 Å². The third-order valence-electron chi connectivity index (χ3n) is 7.28. The molecule has 3 aromatic rings. The molecule has 41 heavy (non-hydrogen) atoms. The second-order valence-corrected chi connectivity index (χ2v) is 13.3. The zero-order valence-electron chi connectivity index (χ0n) is 23.6.